The van der Waals surface area contributed by atoms with E-state index in [0.29, 0.717) is 54.7 Å². The predicted octanol–water partition coefficient (Wildman–Crippen LogP) is 5.09. The van der Waals surface area contributed by atoms with Gasteiger partial charge in [0, 0.05) is 99.8 Å². The smallest absolute Gasteiger partial charge is 0.263 e. The van der Waals surface area contributed by atoms with Crippen molar-refractivity contribution in [1.82, 2.24) is 35.1 Å². The summed E-state index contributed by atoms with van der Waals surface area (Å²) in [7, 11) is 0. The van der Waals surface area contributed by atoms with E-state index in [4.69, 9.17) is 16.7 Å². The van der Waals surface area contributed by atoms with E-state index in [-0.39, 0.29) is 47.6 Å². The molecule has 57 heavy (non-hydrogen) atoms. The van der Waals surface area contributed by atoms with Crippen molar-refractivity contribution >= 4 is 40.6 Å². The number of nitrogens with zero attached hydrogens (tertiary/aromatic N) is 8. The molecular formula is C41H45ClF2N10O3. The second kappa shape index (κ2) is 14.1. The van der Waals surface area contributed by atoms with Crippen molar-refractivity contribution in [2.75, 3.05) is 60.9 Å². The van der Waals surface area contributed by atoms with Crippen molar-refractivity contribution in [3.8, 4) is 17.0 Å². The highest BCUT2D eigenvalue weighted by atomic mass is 35.5. The van der Waals surface area contributed by atoms with Gasteiger partial charge in [0.05, 0.1) is 28.6 Å². The van der Waals surface area contributed by atoms with Crippen LogP contribution in [0.25, 0.3) is 11.3 Å². The van der Waals surface area contributed by atoms with Gasteiger partial charge in [0.1, 0.15) is 17.3 Å². The Morgan fingerprint density at radius 2 is 1.84 bits per heavy atom. The number of aromatic nitrogens is 4. The summed E-state index contributed by atoms with van der Waals surface area (Å²) in [6.45, 7) is 6.01. The van der Waals surface area contributed by atoms with Gasteiger partial charge in [-0.05, 0) is 67.5 Å². The molecule has 3 fully saturated rings. The van der Waals surface area contributed by atoms with Gasteiger partial charge in [-0.15, -0.1) is 10.2 Å². The molecule has 3 saturated heterocycles. The van der Waals surface area contributed by atoms with Crippen molar-refractivity contribution in [3.63, 3.8) is 0 Å². The van der Waals surface area contributed by atoms with Crippen LogP contribution in [0.2, 0.25) is 5.02 Å². The molecule has 13 nitrogen and oxygen atoms in total. The molecule has 16 heteroatoms. The quantitative estimate of drug-likeness (QED) is 0.232. The predicted molar refractivity (Wildman–Crippen MR) is 211 cm³/mol. The molecule has 0 saturated carbocycles. The van der Waals surface area contributed by atoms with E-state index >= 15 is 8.78 Å². The van der Waals surface area contributed by atoms with Gasteiger partial charge in [0.15, 0.2) is 5.82 Å². The van der Waals surface area contributed by atoms with Crippen molar-refractivity contribution in [2.24, 2.45) is 5.92 Å². The van der Waals surface area contributed by atoms with E-state index in [1.54, 1.807) is 34.1 Å². The Labute approximate surface area is 334 Å². The second-order valence-corrected chi connectivity index (χ2v) is 16.9. The molecule has 0 unspecified atom stereocenters. The summed E-state index contributed by atoms with van der Waals surface area (Å²) in [4.78, 5) is 34.3. The molecule has 10 rings (SSSR count). The number of phenolic OH excluding ortho intramolecular Hbond substituents is 1. The number of para-hydroxylation sites is 1. The Balaban J connectivity index is 0.785. The summed E-state index contributed by atoms with van der Waals surface area (Å²) >= 11 is 6.17. The molecule has 6 aliphatic heterocycles. The van der Waals surface area contributed by atoms with Crippen LogP contribution < -0.4 is 20.4 Å². The summed E-state index contributed by atoms with van der Waals surface area (Å²) < 4.78 is 32.3. The molecule has 2 aromatic heterocycles. The lowest BCUT2D eigenvalue weighted by Gasteiger charge is -2.43. The summed E-state index contributed by atoms with van der Waals surface area (Å²) in [6.07, 6.45) is 4.01. The van der Waals surface area contributed by atoms with E-state index in [9.17, 15) is 14.7 Å². The number of amides is 2. The summed E-state index contributed by atoms with van der Waals surface area (Å²) in [5, 5.41) is 30.3. The highest BCUT2D eigenvalue weighted by molar-refractivity contribution is 6.32. The van der Waals surface area contributed by atoms with Crippen LogP contribution in [0.5, 0.6) is 5.75 Å². The fraction of sp³-hybridized carbons (Fsp3) is 0.488. The first kappa shape index (κ1) is 36.3. The molecule has 3 N–H and O–H groups in total. The van der Waals surface area contributed by atoms with Crippen molar-refractivity contribution in [2.45, 2.75) is 75.7 Å². The van der Waals surface area contributed by atoms with E-state index < -0.39 is 12.0 Å². The number of hydrogen-bond acceptors (Lipinski definition) is 10. The average molecular weight is 799 g/mol. The molecule has 2 amide bonds. The maximum Gasteiger partial charge on any atom is 0.263 e. The zero-order valence-corrected chi connectivity index (χ0v) is 32.3. The third kappa shape index (κ3) is 6.15. The highest BCUT2D eigenvalue weighted by Gasteiger charge is 2.56. The van der Waals surface area contributed by atoms with Gasteiger partial charge in [-0.1, -0.05) is 23.7 Å². The first-order chi connectivity index (χ1) is 27.7. The molecule has 4 aromatic rings. The number of phenols is 1. The zero-order valence-electron chi connectivity index (χ0n) is 31.5. The molecule has 2 aromatic carbocycles. The molecule has 0 radical (unpaired) electrons. The average Bonchev–Trinajstić information content (AvgIpc) is 3.93. The van der Waals surface area contributed by atoms with Gasteiger partial charge < -0.3 is 30.4 Å². The number of carbonyl (C=O) groups excluding carboxylic acids is 2. The molecular weight excluding hydrogens is 754 g/mol. The Kier molecular flexibility index (Phi) is 9.00. The monoisotopic (exact) mass is 798 g/mol. The van der Waals surface area contributed by atoms with Crippen molar-refractivity contribution < 1.29 is 23.5 Å². The van der Waals surface area contributed by atoms with E-state index in [1.807, 2.05) is 16.9 Å². The number of benzene rings is 2. The fourth-order valence-electron chi connectivity index (χ4n) is 10.2. The minimum Gasteiger partial charge on any atom is -0.506 e. The van der Waals surface area contributed by atoms with Crippen LogP contribution >= 0.6 is 11.6 Å². The molecule has 3 atom stereocenters. The van der Waals surface area contributed by atoms with Gasteiger partial charge in [0.25, 0.3) is 12.3 Å². The molecule has 0 bridgehead atoms. The minimum absolute atomic E-state index is 0.0321. The number of halogens is 3. The van der Waals surface area contributed by atoms with Gasteiger partial charge in [-0.3, -0.25) is 19.2 Å². The first-order valence-corrected chi connectivity index (χ1v) is 20.4. The number of piperidine rings is 2. The van der Waals surface area contributed by atoms with Gasteiger partial charge in [-0.2, -0.15) is 5.10 Å². The summed E-state index contributed by atoms with van der Waals surface area (Å²) in [5.74, 6) is 0.746. The van der Waals surface area contributed by atoms with E-state index in [2.05, 4.69) is 42.8 Å². The highest BCUT2D eigenvalue weighted by Crippen LogP contribution is 2.49. The van der Waals surface area contributed by atoms with Gasteiger partial charge in [-0.25, -0.2) is 8.78 Å². The van der Waals surface area contributed by atoms with Crippen LogP contribution in [0.1, 0.15) is 65.3 Å². The summed E-state index contributed by atoms with van der Waals surface area (Å²) in [5.41, 5.74) is 4.85. The van der Waals surface area contributed by atoms with Gasteiger partial charge in [0.2, 0.25) is 5.91 Å². The van der Waals surface area contributed by atoms with Crippen LogP contribution in [0, 0.1) is 5.92 Å². The Morgan fingerprint density at radius 3 is 2.67 bits per heavy atom. The number of anilines is 3. The fourth-order valence-corrected chi connectivity index (χ4v) is 10.3. The number of alkyl halides is 2. The lowest BCUT2D eigenvalue weighted by Crippen LogP contribution is -2.57. The van der Waals surface area contributed by atoms with Crippen LogP contribution in [0.3, 0.4) is 0 Å². The molecule has 6 aliphatic rings. The van der Waals surface area contributed by atoms with Crippen LogP contribution in [0.4, 0.5) is 26.0 Å². The second-order valence-electron chi connectivity index (χ2n) is 16.5. The zero-order chi connectivity index (χ0) is 39.0. The Bertz CT molecular complexity index is 2250. The minimum atomic E-state index is -2.63. The van der Waals surface area contributed by atoms with Crippen LogP contribution in [0.15, 0.2) is 48.7 Å². The largest absolute Gasteiger partial charge is 0.506 e. The Morgan fingerprint density at radius 1 is 0.982 bits per heavy atom. The number of nitrogens with one attached hydrogen (secondary N) is 2. The maximum absolute atomic E-state index is 15.2. The third-order valence-corrected chi connectivity index (χ3v) is 13.6. The number of carbonyl (C=O) groups is 2. The standard InChI is InChI=1S/C41H45ClF2N10O3/c42-31-4-1-3-29(36(31)55)32-16-35-37(49-48-32)46-23-41(40(43)44)17-28(22-53(35)41)54-33-10-12-50(20-26(33)18-47-54)19-24-8-13-51(14-9-24)27-7-6-25-21-52(39(57)30(25)15-27)34-5-2-11-45-38(34)56/h1,3-4,6-7,15-16,18,24,28,34,40,55H,2,5,8-14,17,19-23H2,(H,45,56)(H,46,49)/t28-,34+,41-/m1/s1. The lowest BCUT2D eigenvalue weighted by molar-refractivity contribution is -0.127. The number of hydrogen-bond donors (Lipinski definition) is 3. The SMILES string of the molecule is O=C1NCCC[C@@H]1N1Cc2ccc(N3CCC(CN4CCc5c(cnn5[C@H]5CN6c7cc(-c8cccc(Cl)c8O)nnc7NC[C@@]6(C(F)F)C5)C4)CC3)cc2C1=O. The van der Waals surface area contributed by atoms with Crippen LogP contribution in [-0.4, -0.2) is 111 Å². The van der Waals surface area contributed by atoms with Crippen LogP contribution in [-0.2, 0) is 24.3 Å². The van der Waals surface area contributed by atoms with Gasteiger partial charge >= 0.3 is 0 Å². The topological polar surface area (TPSA) is 135 Å². The maximum atomic E-state index is 15.2. The third-order valence-electron chi connectivity index (χ3n) is 13.3. The number of rotatable bonds is 7. The molecule has 8 heterocycles. The molecule has 298 valence electrons. The van der Waals surface area contributed by atoms with E-state index in [1.165, 1.54) is 0 Å². The number of fused-ring (bicyclic) bond motifs is 5. The summed E-state index contributed by atoms with van der Waals surface area (Å²) in [6, 6.07) is 12.2. The Hall–Kier alpha value is -5.02. The van der Waals surface area contributed by atoms with Crippen molar-refractivity contribution in [1.29, 1.82) is 0 Å². The normalized spacial score (nSPS) is 24.9. The first-order valence-electron chi connectivity index (χ1n) is 20.1. The molecule has 0 aliphatic carbocycles. The van der Waals surface area contributed by atoms with E-state index in [0.717, 1.165) is 86.5 Å². The molecule has 0 spiro atoms. The van der Waals surface area contributed by atoms with Crippen molar-refractivity contribution in [3.05, 3.63) is 76.1 Å². The lowest BCUT2D eigenvalue weighted by atomic mass is 9.92. The number of aromatic hydroxyl groups is 1.